The Hall–Kier alpha value is -0.800. The van der Waals surface area contributed by atoms with Gasteiger partial charge in [0.2, 0.25) is 0 Å². The van der Waals surface area contributed by atoms with E-state index >= 15 is 0 Å². The Bertz CT molecular complexity index is 184. The molecule has 76 valence electrons. The van der Waals surface area contributed by atoms with Crippen LogP contribution in [0.5, 0.6) is 0 Å². The van der Waals surface area contributed by atoms with E-state index in [1.807, 2.05) is 0 Å². The fraction of sp³-hybridized carbons (Fsp3) is 0.857. The first kappa shape index (κ1) is 12.2. The molecule has 0 bridgehead atoms. The van der Waals surface area contributed by atoms with Crippen molar-refractivity contribution in [2.45, 2.75) is 18.6 Å². The largest absolute Gasteiger partial charge is 0.405 e. The molecular formula is C7H12F3N3. The molecule has 0 aliphatic heterocycles. The highest BCUT2D eigenvalue weighted by Gasteiger charge is 2.40. The lowest BCUT2D eigenvalue weighted by molar-refractivity contribution is -0.177. The Morgan fingerprint density at radius 3 is 2.38 bits per heavy atom. The number of alkyl halides is 3. The standard InChI is InChI=1S/C7H12F3N3/c1-13(4-2-3-11)6(5-12)7(8,9)10/h6H,2,4-5,12H2,1H3. The van der Waals surface area contributed by atoms with E-state index in [-0.39, 0.29) is 13.0 Å². The fourth-order valence-electron chi connectivity index (χ4n) is 0.946. The number of hydrogen-bond donors (Lipinski definition) is 1. The molecule has 2 N–H and O–H groups in total. The summed E-state index contributed by atoms with van der Waals surface area (Å²) < 4.78 is 36.6. The number of halogens is 3. The van der Waals surface area contributed by atoms with Crippen LogP contribution in [0.25, 0.3) is 0 Å². The van der Waals surface area contributed by atoms with E-state index in [0.29, 0.717) is 0 Å². The third-order valence-corrected chi connectivity index (χ3v) is 1.71. The zero-order valence-electron chi connectivity index (χ0n) is 7.30. The molecule has 13 heavy (non-hydrogen) atoms. The summed E-state index contributed by atoms with van der Waals surface area (Å²) in [5.41, 5.74) is 4.99. The first-order valence-electron chi connectivity index (χ1n) is 3.77. The molecule has 3 nitrogen and oxygen atoms in total. The molecule has 0 heterocycles. The molecule has 0 rings (SSSR count). The lowest BCUT2D eigenvalue weighted by atomic mass is 10.2. The maximum atomic E-state index is 12.2. The highest BCUT2D eigenvalue weighted by Crippen LogP contribution is 2.23. The second-order valence-corrected chi connectivity index (χ2v) is 2.68. The first-order valence-corrected chi connectivity index (χ1v) is 3.77. The highest BCUT2D eigenvalue weighted by atomic mass is 19.4. The van der Waals surface area contributed by atoms with Crippen LogP contribution in [-0.4, -0.2) is 37.3 Å². The van der Waals surface area contributed by atoms with Crippen LogP contribution in [0.3, 0.4) is 0 Å². The SMILES string of the molecule is CN(CCC#N)C(CN)C(F)(F)F. The minimum atomic E-state index is -4.32. The zero-order valence-corrected chi connectivity index (χ0v) is 7.30. The molecule has 0 aliphatic carbocycles. The van der Waals surface area contributed by atoms with Crippen molar-refractivity contribution < 1.29 is 13.2 Å². The van der Waals surface area contributed by atoms with Crippen LogP contribution in [0.2, 0.25) is 0 Å². The van der Waals surface area contributed by atoms with Crippen LogP contribution < -0.4 is 5.73 Å². The maximum absolute atomic E-state index is 12.2. The van der Waals surface area contributed by atoms with Gasteiger partial charge in [0.1, 0.15) is 6.04 Å². The van der Waals surface area contributed by atoms with Gasteiger partial charge < -0.3 is 5.73 Å². The molecule has 6 heteroatoms. The number of nitrogens with two attached hydrogens (primary N) is 1. The topological polar surface area (TPSA) is 53.0 Å². The summed E-state index contributed by atoms with van der Waals surface area (Å²) in [7, 11) is 1.31. The van der Waals surface area contributed by atoms with Crippen molar-refractivity contribution in [3.05, 3.63) is 0 Å². The second-order valence-electron chi connectivity index (χ2n) is 2.68. The van der Waals surface area contributed by atoms with Gasteiger partial charge in [-0.1, -0.05) is 0 Å². The Labute approximate surface area is 74.9 Å². The lowest BCUT2D eigenvalue weighted by Gasteiger charge is -2.27. The van der Waals surface area contributed by atoms with Gasteiger partial charge in [0, 0.05) is 19.5 Å². The Morgan fingerprint density at radius 2 is 2.08 bits per heavy atom. The molecule has 0 saturated carbocycles. The van der Waals surface area contributed by atoms with Crippen molar-refractivity contribution >= 4 is 0 Å². The Balaban J connectivity index is 4.17. The van der Waals surface area contributed by atoms with E-state index in [1.165, 1.54) is 7.05 Å². The summed E-state index contributed by atoms with van der Waals surface area (Å²) in [5.74, 6) is 0. The molecule has 0 aromatic carbocycles. The lowest BCUT2D eigenvalue weighted by Crippen LogP contribution is -2.48. The molecule has 0 amide bonds. The van der Waals surface area contributed by atoms with Gasteiger partial charge in [0.05, 0.1) is 6.07 Å². The van der Waals surface area contributed by atoms with E-state index < -0.39 is 18.8 Å². The average Bonchev–Trinajstić information content (AvgIpc) is 1.99. The molecule has 0 aromatic heterocycles. The van der Waals surface area contributed by atoms with Crippen LogP contribution >= 0.6 is 0 Å². The van der Waals surface area contributed by atoms with Crippen molar-refractivity contribution in [1.29, 1.82) is 5.26 Å². The molecular weight excluding hydrogens is 183 g/mol. The van der Waals surface area contributed by atoms with Gasteiger partial charge in [0.15, 0.2) is 0 Å². The van der Waals surface area contributed by atoms with E-state index in [9.17, 15) is 13.2 Å². The zero-order chi connectivity index (χ0) is 10.5. The van der Waals surface area contributed by atoms with Gasteiger partial charge in [-0.15, -0.1) is 0 Å². The van der Waals surface area contributed by atoms with E-state index in [2.05, 4.69) is 0 Å². The first-order chi connectivity index (χ1) is 5.93. The predicted molar refractivity (Wildman–Crippen MR) is 41.8 cm³/mol. The maximum Gasteiger partial charge on any atom is 0.405 e. The van der Waals surface area contributed by atoms with E-state index in [1.54, 1.807) is 6.07 Å². The number of hydrogen-bond acceptors (Lipinski definition) is 3. The monoisotopic (exact) mass is 195 g/mol. The fourth-order valence-corrected chi connectivity index (χ4v) is 0.946. The van der Waals surface area contributed by atoms with E-state index in [4.69, 9.17) is 11.0 Å². The minimum Gasteiger partial charge on any atom is -0.329 e. The van der Waals surface area contributed by atoms with Crippen LogP contribution in [-0.2, 0) is 0 Å². The summed E-state index contributed by atoms with van der Waals surface area (Å²) >= 11 is 0. The van der Waals surface area contributed by atoms with Gasteiger partial charge in [-0.2, -0.15) is 18.4 Å². The van der Waals surface area contributed by atoms with Crippen LogP contribution in [0, 0.1) is 11.3 Å². The van der Waals surface area contributed by atoms with Gasteiger partial charge in [-0.25, -0.2) is 0 Å². The molecule has 0 spiro atoms. The van der Waals surface area contributed by atoms with E-state index in [0.717, 1.165) is 4.90 Å². The average molecular weight is 195 g/mol. The van der Waals surface area contributed by atoms with Crippen molar-refractivity contribution in [2.75, 3.05) is 20.1 Å². The number of nitriles is 1. The molecule has 0 saturated heterocycles. The van der Waals surface area contributed by atoms with Crippen molar-refractivity contribution in [1.82, 2.24) is 4.90 Å². The molecule has 0 fully saturated rings. The Morgan fingerprint density at radius 1 is 1.54 bits per heavy atom. The van der Waals surface area contributed by atoms with Crippen LogP contribution in [0.15, 0.2) is 0 Å². The van der Waals surface area contributed by atoms with Crippen LogP contribution in [0.1, 0.15) is 6.42 Å². The summed E-state index contributed by atoms with van der Waals surface area (Å²) in [6, 6.07) is 0.127. The second kappa shape index (κ2) is 5.04. The molecule has 1 atom stereocenters. The quantitative estimate of drug-likeness (QED) is 0.719. The van der Waals surface area contributed by atoms with Gasteiger partial charge in [0.25, 0.3) is 0 Å². The molecule has 1 unspecified atom stereocenters. The predicted octanol–water partition coefficient (Wildman–Crippen LogP) is 0.721. The molecule has 0 aromatic rings. The summed E-state index contributed by atoms with van der Waals surface area (Å²) in [6.45, 7) is -0.399. The molecule has 0 aliphatic rings. The minimum absolute atomic E-state index is 0.0725. The van der Waals surface area contributed by atoms with Crippen molar-refractivity contribution in [3.63, 3.8) is 0 Å². The normalized spacial score (nSPS) is 14.2. The number of likely N-dealkylation sites (N-methyl/N-ethyl adjacent to an activating group) is 1. The van der Waals surface area contributed by atoms with Gasteiger partial charge >= 0.3 is 6.18 Å². The Kier molecular flexibility index (Phi) is 4.73. The summed E-state index contributed by atoms with van der Waals surface area (Å²) in [4.78, 5) is 1.04. The third-order valence-electron chi connectivity index (χ3n) is 1.71. The number of nitrogens with zero attached hydrogens (tertiary/aromatic N) is 2. The third kappa shape index (κ3) is 4.10. The summed E-state index contributed by atoms with van der Waals surface area (Å²) in [5, 5.41) is 8.18. The highest BCUT2D eigenvalue weighted by molar-refractivity contribution is 4.80. The number of rotatable bonds is 4. The van der Waals surface area contributed by atoms with Gasteiger partial charge in [-0.3, -0.25) is 4.90 Å². The molecule has 0 radical (unpaired) electrons. The van der Waals surface area contributed by atoms with Crippen molar-refractivity contribution in [3.8, 4) is 6.07 Å². The van der Waals surface area contributed by atoms with Crippen molar-refractivity contribution in [2.24, 2.45) is 5.73 Å². The summed E-state index contributed by atoms with van der Waals surface area (Å²) in [6.07, 6.45) is -4.25. The van der Waals surface area contributed by atoms with Gasteiger partial charge in [-0.05, 0) is 7.05 Å². The van der Waals surface area contributed by atoms with Crippen LogP contribution in [0.4, 0.5) is 13.2 Å². The smallest absolute Gasteiger partial charge is 0.329 e.